The monoisotopic (exact) mass is 257 g/mol. The van der Waals surface area contributed by atoms with Gasteiger partial charge in [0.25, 0.3) is 0 Å². The Hall–Kier alpha value is -0.730. The van der Waals surface area contributed by atoms with Crippen LogP contribution in [0.2, 0.25) is 0 Å². The average molecular weight is 257 g/mol. The van der Waals surface area contributed by atoms with Gasteiger partial charge >= 0.3 is 6.09 Å². The summed E-state index contributed by atoms with van der Waals surface area (Å²) in [4.78, 5) is 13.8. The highest BCUT2D eigenvalue weighted by Gasteiger charge is 2.20. The van der Waals surface area contributed by atoms with Crippen LogP contribution in [0, 0.1) is 0 Å². The molecular formula is C15H31NO2. The van der Waals surface area contributed by atoms with Gasteiger partial charge in [0.1, 0.15) is 5.60 Å². The third kappa shape index (κ3) is 9.32. The Kier molecular flexibility index (Phi) is 8.86. The lowest BCUT2D eigenvalue weighted by atomic mass is 10.1. The number of nitrogens with zero attached hydrogens (tertiary/aromatic N) is 1. The Bertz CT molecular complexity index is 221. The van der Waals surface area contributed by atoms with Crippen LogP contribution in [-0.4, -0.2) is 29.7 Å². The third-order valence-corrected chi connectivity index (χ3v) is 2.68. The van der Waals surface area contributed by atoms with Crippen molar-refractivity contribution in [3.05, 3.63) is 0 Å². The molecule has 0 aromatic heterocycles. The first-order valence-corrected chi connectivity index (χ1v) is 7.38. The van der Waals surface area contributed by atoms with Gasteiger partial charge in [-0.1, -0.05) is 39.5 Å². The van der Waals surface area contributed by atoms with E-state index in [2.05, 4.69) is 13.8 Å². The molecule has 3 nitrogen and oxygen atoms in total. The van der Waals surface area contributed by atoms with E-state index in [1.54, 1.807) is 0 Å². The Labute approximate surface area is 113 Å². The topological polar surface area (TPSA) is 29.5 Å². The minimum Gasteiger partial charge on any atom is -0.444 e. The quantitative estimate of drug-likeness (QED) is 0.594. The minimum atomic E-state index is -0.398. The molecule has 3 heteroatoms. The summed E-state index contributed by atoms with van der Waals surface area (Å²) < 4.78 is 5.42. The van der Waals surface area contributed by atoms with Crippen LogP contribution in [0.4, 0.5) is 4.79 Å². The number of hydrogen-bond acceptors (Lipinski definition) is 2. The highest BCUT2D eigenvalue weighted by molar-refractivity contribution is 5.68. The molecule has 0 fully saturated rings. The van der Waals surface area contributed by atoms with Crippen molar-refractivity contribution >= 4 is 6.09 Å². The standard InChI is InChI=1S/C15H31NO2/c1-6-8-9-10-11-13-16(12-7-2)14(17)18-15(3,4)5/h6-13H2,1-5H3. The summed E-state index contributed by atoms with van der Waals surface area (Å²) in [7, 11) is 0. The maximum atomic E-state index is 12.0. The summed E-state index contributed by atoms with van der Waals surface area (Å²) in [5.74, 6) is 0. The Balaban J connectivity index is 4.01. The van der Waals surface area contributed by atoms with Crippen molar-refractivity contribution in [3.63, 3.8) is 0 Å². The molecule has 0 aliphatic carbocycles. The summed E-state index contributed by atoms with van der Waals surface area (Å²) in [5.41, 5.74) is -0.398. The fourth-order valence-corrected chi connectivity index (χ4v) is 1.80. The lowest BCUT2D eigenvalue weighted by Crippen LogP contribution is -2.37. The van der Waals surface area contributed by atoms with Crippen molar-refractivity contribution in [1.29, 1.82) is 0 Å². The second-order valence-electron chi connectivity index (χ2n) is 5.88. The normalized spacial score (nSPS) is 11.4. The maximum Gasteiger partial charge on any atom is 0.410 e. The van der Waals surface area contributed by atoms with Crippen molar-refractivity contribution in [3.8, 4) is 0 Å². The highest BCUT2D eigenvalue weighted by atomic mass is 16.6. The lowest BCUT2D eigenvalue weighted by molar-refractivity contribution is 0.0246. The first kappa shape index (κ1) is 17.3. The van der Waals surface area contributed by atoms with E-state index in [1.165, 1.54) is 25.7 Å². The molecule has 0 rings (SSSR count). The molecule has 1 amide bonds. The molecule has 108 valence electrons. The van der Waals surface area contributed by atoms with E-state index in [1.807, 2.05) is 25.7 Å². The number of carbonyl (C=O) groups is 1. The first-order valence-electron chi connectivity index (χ1n) is 7.38. The average Bonchev–Trinajstić information content (AvgIpc) is 2.25. The van der Waals surface area contributed by atoms with Gasteiger partial charge in [0.2, 0.25) is 0 Å². The van der Waals surface area contributed by atoms with E-state index in [9.17, 15) is 4.79 Å². The highest BCUT2D eigenvalue weighted by Crippen LogP contribution is 2.11. The van der Waals surface area contributed by atoms with E-state index in [-0.39, 0.29) is 6.09 Å². The molecule has 0 spiro atoms. The Morgan fingerprint density at radius 3 is 2.06 bits per heavy atom. The molecule has 0 heterocycles. The second-order valence-corrected chi connectivity index (χ2v) is 5.88. The summed E-state index contributed by atoms with van der Waals surface area (Å²) in [6.45, 7) is 11.7. The van der Waals surface area contributed by atoms with Crippen molar-refractivity contribution in [2.24, 2.45) is 0 Å². The molecule has 0 aromatic carbocycles. The summed E-state index contributed by atoms with van der Waals surface area (Å²) in [6, 6.07) is 0. The third-order valence-electron chi connectivity index (χ3n) is 2.68. The van der Waals surface area contributed by atoms with Gasteiger partial charge in [-0.05, 0) is 33.6 Å². The number of unbranched alkanes of at least 4 members (excludes halogenated alkanes) is 4. The smallest absolute Gasteiger partial charge is 0.410 e. The van der Waals surface area contributed by atoms with E-state index in [0.29, 0.717) is 0 Å². The maximum absolute atomic E-state index is 12.0. The molecule has 0 aliphatic rings. The molecule has 0 aliphatic heterocycles. The van der Waals surface area contributed by atoms with Crippen LogP contribution in [0.5, 0.6) is 0 Å². The van der Waals surface area contributed by atoms with Crippen LogP contribution < -0.4 is 0 Å². The van der Waals surface area contributed by atoms with Gasteiger partial charge in [-0.3, -0.25) is 0 Å². The van der Waals surface area contributed by atoms with Gasteiger partial charge in [-0.15, -0.1) is 0 Å². The zero-order valence-corrected chi connectivity index (χ0v) is 12.9. The fraction of sp³-hybridized carbons (Fsp3) is 0.933. The minimum absolute atomic E-state index is 0.167. The molecule has 0 radical (unpaired) electrons. The van der Waals surface area contributed by atoms with Crippen LogP contribution in [0.1, 0.15) is 73.1 Å². The molecule has 0 saturated carbocycles. The van der Waals surface area contributed by atoms with Gasteiger partial charge in [0.15, 0.2) is 0 Å². The fourth-order valence-electron chi connectivity index (χ4n) is 1.80. The lowest BCUT2D eigenvalue weighted by Gasteiger charge is -2.27. The van der Waals surface area contributed by atoms with E-state index in [4.69, 9.17) is 4.74 Å². The summed E-state index contributed by atoms with van der Waals surface area (Å²) >= 11 is 0. The molecular weight excluding hydrogens is 226 g/mol. The van der Waals surface area contributed by atoms with Crippen LogP contribution in [0.15, 0.2) is 0 Å². The van der Waals surface area contributed by atoms with Gasteiger partial charge in [-0.25, -0.2) is 4.79 Å². The van der Waals surface area contributed by atoms with Gasteiger partial charge < -0.3 is 9.64 Å². The second kappa shape index (κ2) is 9.23. The molecule has 0 N–H and O–H groups in total. The van der Waals surface area contributed by atoms with Gasteiger partial charge in [0, 0.05) is 13.1 Å². The van der Waals surface area contributed by atoms with Crippen molar-refractivity contribution in [2.45, 2.75) is 78.7 Å². The summed E-state index contributed by atoms with van der Waals surface area (Å²) in [5, 5.41) is 0. The zero-order chi connectivity index (χ0) is 14.0. The predicted molar refractivity (Wildman–Crippen MR) is 76.9 cm³/mol. The number of rotatable bonds is 8. The van der Waals surface area contributed by atoms with Crippen LogP contribution >= 0.6 is 0 Å². The molecule has 18 heavy (non-hydrogen) atoms. The van der Waals surface area contributed by atoms with Crippen molar-refractivity contribution in [1.82, 2.24) is 4.90 Å². The van der Waals surface area contributed by atoms with Crippen LogP contribution in [0.25, 0.3) is 0 Å². The van der Waals surface area contributed by atoms with Crippen molar-refractivity contribution < 1.29 is 9.53 Å². The SMILES string of the molecule is CCCCCCCN(CCC)C(=O)OC(C)(C)C. The van der Waals surface area contributed by atoms with Crippen molar-refractivity contribution in [2.75, 3.05) is 13.1 Å². The van der Waals surface area contributed by atoms with Crippen LogP contribution in [0.3, 0.4) is 0 Å². The first-order chi connectivity index (χ1) is 8.40. The number of amides is 1. The van der Waals surface area contributed by atoms with Crippen LogP contribution in [-0.2, 0) is 4.74 Å². The Morgan fingerprint density at radius 1 is 0.944 bits per heavy atom. The summed E-state index contributed by atoms with van der Waals surface area (Å²) in [6.07, 6.45) is 6.92. The Morgan fingerprint density at radius 2 is 1.56 bits per heavy atom. The molecule has 0 bridgehead atoms. The van der Waals surface area contributed by atoms with E-state index in [0.717, 1.165) is 25.9 Å². The molecule has 0 saturated heterocycles. The molecule has 0 atom stereocenters. The zero-order valence-electron chi connectivity index (χ0n) is 12.9. The molecule has 0 unspecified atom stereocenters. The number of ether oxygens (including phenoxy) is 1. The number of hydrogen-bond donors (Lipinski definition) is 0. The predicted octanol–water partition coefficient (Wildman–Crippen LogP) is 4.60. The van der Waals surface area contributed by atoms with Gasteiger partial charge in [-0.2, -0.15) is 0 Å². The molecule has 0 aromatic rings. The largest absolute Gasteiger partial charge is 0.444 e. The van der Waals surface area contributed by atoms with Gasteiger partial charge in [0.05, 0.1) is 0 Å². The number of carbonyl (C=O) groups excluding carboxylic acids is 1. The van der Waals surface area contributed by atoms with E-state index >= 15 is 0 Å². The van der Waals surface area contributed by atoms with E-state index < -0.39 is 5.60 Å².